The molecule has 0 aliphatic heterocycles. The number of phenols is 1. The third-order valence-corrected chi connectivity index (χ3v) is 6.50. The van der Waals surface area contributed by atoms with Crippen LogP contribution in [0, 0.1) is 11.8 Å². The highest BCUT2D eigenvalue weighted by Gasteiger charge is 2.48. The minimum Gasteiger partial charge on any atom is -0.508 e. The Morgan fingerprint density at radius 1 is 1.13 bits per heavy atom. The number of alkyl carbamates (subject to hydrolysis) is 1. The zero-order valence-corrected chi connectivity index (χ0v) is 23.6. The summed E-state index contributed by atoms with van der Waals surface area (Å²) < 4.78 is 10.4. The van der Waals surface area contributed by atoms with Crippen molar-refractivity contribution in [1.82, 2.24) is 15.5 Å². The van der Waals surface area contributed by atoms with E-state index in [-0.39, 0.29) is 43.2 Å². The summed E-state index contributed by atoms with van der Waals surface area (Å²) in [6.07, 6.45) is 0.595. The quantitative estimate of drug-likeness (QED) is 0.349. The Labute approximate surface area is 225 Å². The molecule has 0 heterocycles. The molecule has 1 saturated carbocycles. The van der Waals surface area contributed by atoms with Gasteiger partial charge in [-0.15, -0.1) is 0 Å². The standard InChI is InChI=1S/C28H43N3O7/c1-8-17(3)23(30-27(36)38-28(5,6)7)26(35)31(21-16-18(21)4)24(19-10-12-20(32)13-11-19)25(34)29-15-14-22(33)37-9-2/h10-13,17-18,21,23-24,32H,8-9,14-16H2,1-7H3,(H,29,34)(H,30,36). The van der Waals surface area contributed by atoms with Crippen molar-refractivity contribution in [1.29, 1.82) is 0 Å². The fourth-order valence-electron chi connectivity index (χ4n) is 4.16. The van der Waals surface area contributed by atoms with Crippen LogP contribution >= 0.6 is 0 Å². The number of amides is 3. The molecule has 5 atom stereocenters. The van der Waals surface area contributed by atoms with E-state index in [2.05, 4.69) is 10.6 Å². The predicted octanol–water partition coefficient (Wildman–Crippen LogP) is 3.68. The second-order valence-electron chi connectivity index (χ2n) is 10.9. The average Bonchev–Trinajstić information content (AvgIpc) is 3.55. The molecular formula is C28H43N3O7. The number of esters is 1. The van der Waals surface area contributed by atoms with Crippen LogP contribution in [0.3, 0.4) is 0 Å². The van der Waals surface area contributed by atoms with E-state index in [4.69, 9.17) is 9.47 Å². The number of phenolic OH excluding ortho intramolecular Hbond substituents is 1. The topological polar surface area (TPSA) is 134 Å². The lowest BCUT2D eigenvalue weighted by Crippen LogP contribution is -2.56. The van der Waals surface area contributed by atoms with E-state index in [0.29, 0.717) is 18.4 Å². The second kappa shape index (κ2) is 13.5. The molecule has 5 unspecified atom stereocenters. The normalized spacial score (nSPS) is 18.9. The van der Waals surface area contributed by atoms with Gasteiger partial charge in [-0.25, -0.2) is 4.79 Å². The third kappa shape index (κ3) is 8.92. The van der Waals surface area contributed by atoms with Crippen molar-refractivity contribution in [3.05, 3.63) is 29.8 Å². The van der Waals surface area contributed by atoms with Crippen LogP contribution in [0.25, 0.3) is 0 Å². The summed E-state index contributed by atoms with van der Waals surface area (Å²) in [6, 6.07) is 3.93. The predicted molar refractivity (Wildman–Crippen MR) is 142 cm³/mol. The number of rotatable bonds is 12. The molecule has 38 heavy (non-hydrogen) atoms. The van der Waals surface area contributed by atoms with Gasteiger partial charge in [0, 0.05) is 12.6 Å². The Morgan fingerprint density at radius 3 is 2.24 bits per heavy atom. The van der Waals surface area contributed by atoms with Crippen molar-refractivity contribution in [3.63, 3.8) is 0 Å². The number of nitrogens with one attached hydrogen (secondary N) is 2. The van der Waals surface area contributed by atoms with Crippen LogP contribution in [0.15, 0.2) is 24.3 Å². The Morgan fingerprint density at radius 2 is 1.74 bits per heavy atom. The number of nitrogens with zero attached hydrogens (tertiary/aromatic N) is 1. The van der Waals surface area contributed by atoms with Gasteiger partial charge in [0.25, 0.3) is 0 Å². The highest BCUT2D eigenvalue weighted by atomic mass is 16.6. The number of hydrogen-bond donors (Lipinski definition) is 3. The highest BCUT2D eigenvalue weighted by Crippen LogP contribution is 2.41. The minimum atomic E-state index is -1.03. The highest BCUT2D eigenvalue weighted by molar-refractivity contribution is 5.93. The lowest BCUT2D eigenvalue weighted by Gasteiger charge is -2.36. The van der Waals surface area contributed by atoms with Gasteiger partial charge in [-0.05, 0) is 63.6 Å². The molecule has 2 rings (SSSR count). The van der Waals surface area contributed by atoms with E-state index < -0.39 is 41.6 Å². The SMILES string of the molecule is CCOC(=O)CCNC(=O)C(c1ccc(O)cc1)N(C(=O)C(NC(=O)OC(C)(C)C)C(C)CC)C1CC1C. The van der Waals surface area contributed by atoms with Crippen molar-refractivity contribution in [2.75, 3.05) is 13.2 Å². The summed E-state index contributed by atoms with van der Waals surface area (Å²) in [7, 11) is 0. The maximum atomic E-state index is 14.2. The molecule has 3 amide bonds. The molecule has 1 aliphatic carbocycles. The number of aromatic hydroxyl groups is 1. The molecule has 0 saturated heterocycles. The van der Waals surface area contributed by atoms with Gasteiger partial charge in [-0.1, -0.05) is 39.3 Å². The number of carbonyl (C=O) groups excluding carboxylic acids is 4. The van der Waals surface area contributed by atoms with Crippen LogP contribution < -0.4 is 10.6 Å². The summed E-state index contributed by atoms with van der Waals surface area (Å²) >= 11 is 0. The van der Waals surface area contributed by atoms with Crippen molar-refractivity contribution >= 4 is 23.9 Å². The van der Waals surface area contributed by atoms with Crippen LogP contribution in [-0.4, -0.2) is 64.7 Å². The smallest absolute Gasteiger partial charge is 0.408 e. The summed E-state index contributed by atoms with van der Waals surface area (Å²) in [6.45, 7) is 13.0. The van der Waals surface area contributed by atoms with Crippen LogP contribution in [0.2, 0.25) is 0 Å². The van der Waals surface area contributed by atoms with E-state index in [1.54, 1.807) is 44.7 Å². The van der Waals surface area contributed by atoms with E-state index in [0.717, 1.165) is 0 Å². The molecule has 1 aromatic carbocycles. The van der Waals surface area contributed by atoms with E-state index in [9.17, 15) is 24.3 Å². The van der Waals surface area contributed by atoms with Crippen molar-refractivity contribution in [2.45, 2.75) is 91.5 Å². The van der Waals surface area contributed by atoms with Crippen LogP contribution in [0.4, 0.5) is 4.79 Å². The molecule has 1 fully saturated rings. The van der Waals surface area contributed by atoms with Gasteiger partial charge in [0.05, 0.1) is 13.0 Å². The summed E-state index contributed by atoms with van der Waals surface area (Å²) in [5.74, 6) is -1.34. The van der Waals surface area contributed by atoms with Crippen LogP contribution in [-0.2, 0) is 23.9 Å². The van der Waals surface area contributed by atoms with Crippen LogP contribution in [0.5, 0.6) is 5.75 Å². The maximum absolute atomic E-state index is 14.2. The largest absolute Gasteiger partial charge is 0.508 e. The Kier molecular flexibility index (Phi) is 11.0. The third-order valence-electron chi connectivity index (χ3n) is 6.50. The zero-order chi connectivity index (χ0) is 28.6. The number of hydrogen-bond acceptors (Lipinski definition) is 7. The molecule has 0 radical (unpaired) electrons. The minimum absolute atomic E-state index is 0.00858. The summed E-state index contributed by atoms with van der Waals surface area (Å²) in [5, 5.41) is 15.3. The fourth-order valence-corrected chi connectivity index (χ4v) is 4.16. The molecule has 0 bridgehead atoms. The first-order chi connectivity index (χ1) is 17.8. The molecule has 0 aromatic heterocycles. The molecular weight excluding hydrogens is 490 g/mol. The van der Waals surface area contributed by atoms with Gasteiger partial charge in [-0.3, -0.25) is 14.4 Å². The number of ether oxygens (including phenoxy) is 2. The molecule has 10 nitrogen and oxygen atoms in total. The molecule has 212 valence electrons. The van der Waals surface area contributed by atoms with E-state index >= 15 is 0 Å². The Bertz CT molecular complexity index is 974. The van der Waals surface area contributed by atoms with Crippen molar-refractivity contribution in [3.8, 4) is 5.75 Å². The zero-order valence-electron chi connectivity index (χ0n) is 23.6. The lowest BCUT2D eigenvalue weighted by atomic mass is 9.95. The molecule has 1 aliphatic rings. The van der Waals surface area contributed by atoms with Crippen LogP contribution in [0.1, 0.15) is 79.3 Å². The number of carbonyl (C=O) groups is 4. The fraction of sp³-hybridized carbons (Fsp3) is 0.643. The van der Waals surface area contributed by atoms with Crippen molar-refractivity contribution in [2.24, 2.45) is 11.8 Å². The first-order valence-electron chi connectivity index (χ1n) is 13.3. The summed E-state index contributed by atoms with van der Waals surface area (Å²) in [4.78, 5) is 53.8. The molecule has 10 heteroatoms. The molecule has 3 N–H and O–H groups in total. The summed E-state index contributed by atoms with van der Waals surface area (Å²) in [5.41, 5.74) is -0.241. The first-order valence-corrected chi connectivity index (χ1v) is 13.3. The lowest BCUT2D eigenvalue weighted by molar-refractivity contribution is -0.145. The van der Waals surface area contributed by atoms with Gasteiger partial charge in [0.1, 0.15) is 23.4 Å². The monoisotopic (exact) mass is 533 g/mol. The van der Waals surface area contributed by atoms with Gasteiger partial charge in [0.15, 0.2) is 0 Å². The van der Waals surface area contributed by atoms with E-state index in [1.807, 2.05) is 20.8 Å². The van der Waals surface area contributed by atoms with Gasteiger partial charge >= 0.3 is 12.1 Å². The van der Waals surface area contributed by atoms with Gasteiger partial charge < -0.3 is 30.1 Å². The molecule has 1 aromatic rings. The maximum Gasteiger partial charge on any atom is 0.408 e. The van der Waals surface area contributed by atoms with E-state index in [1.165, 1.54) is 12.1 Å². The van der Waals surface area contributed by atoms with Crippen molar-refractivity contribution < 1.29 is 33.8 Å². The molecule has 0 spiro atoms. The average molecular weight is 534 g/mol. The first kappa shape index (κ1) is 30.9. The second-order valence-corrected chi connectivity index (χ2v) is 10.9. The Balaban J connectivity index is 2.42. The Hall–Kier alpha value is -3.30. The number of benzene rings is 1. The van der Waals surface area contributed by atoms with Gasteiger partial charge in [-0.2, -0.15) is 0 Å². The van der Waals surface area contributed by atoms with Gasteiger partial charge in [0.2, 0.25) is 11.8 Å².